The summed E-state index contributed by atoms with van der Waals surface area (Å²) in [6.45, 7) is 6.01. The van der Waals surface area contributed by atoms with E-state index in [0.29, 0.717) is 44.9 Å². The second kappa shape index (κ2) is 9.23. The fourth-order valence-electron chi connectivity index (χ4n) is 3.83. The predicted octanol–water partition coefficient (Wildman–Crippen LogP) is 1.69. The topological polar surface area (TPSA) is 121 Å². The highest BCUT2D eigenvalue weighted by Crippen LogP contribution is 2.27. The summed E-state index contributed by atoms with van der Waals surface area (Å²) < 4.78 is 0. The minimum atomic E-state index is -0.616. The quantitative estimate of drug-likeness (QED) is 0.369. The van der Waals surface area contributed by atoms with E-state index in [0.717, 1.165) is 11.0 Å². The molecule has 1 saturated heterocycles. The maximum absolute atomic E-state index is 12.5. The monoisotopic (exact) mass is 430 g/mol. The third-order valence-corrected chi connectivity index (χ3v) is 5.51. The highest BCUT2D eigenvalue weighted by atomic mass is 16.6. The lowest BCUT2D eigenvalue weighted by Crippen LogP contribution is -2.50. The molecule has 0 radical (unpaired) electrons. The van der Waals surface area contributed by atoms with Crippen molar-refractivity contribution in [2.45, 2.75) is 33.1 Å². The SMILES string of the molecule is CC(C)CC(=O)N1CCN(C(=O)CCCN2C(=O)c3ccc([N+](=O)[O-])cc3C2=O)CC1. The van der Waals surface area contributed by atoms with Crippen molar-refractivity contribution in [1.82, 2.24) is 14.7 Å². The maximum Gasteiger partial charge on any atom is 0.270 e. The second-order valence-corrected chi connectivity index (χ2v) is 8.21. The van der Waals surface area contributed by atoms with Gasteiger partial charge in [-0.25, -0.2) is 0 Å². The Labute approximate surface area is 179 Å². The van der Waals surface area contributed by atoms with Gasteiger partial charge in [-0.1, -0.05) is 13.8 Å². The van der Waals surface area contributed by atoms with Crippen LogP contribution in [0.4, 0.5) is 5.69 Å². The van der Waals surface area contributed by atoms with Crippen LogP contribution in [-0.4, -0.2) is 76.0 Å². The van der Waals surface area contributed by atoms with E-state index in [9.17, 15) is 29.3 Å². The van der Waals surface area contributed by atoms with E-state index in [1.165, 1.54) is 12.1 Å². The van der Waals surface area contributed by atoms with Crippen LogP contribution in [0.5, 0.6) is 0 Å². The molecule has 2 heterocycles. The molecule has 2 aliphatic heterocycles. The molecule has 31 heavy (non-hydrogen) atoms. The van der Waals surface area contributed by atoms with Gasteiger partial charge >= 0.3 is 0 Å². The van der Waals surface area contributed by atoms with E-state index in [-0.39, 0.29) is 41.6 Å². The summed E-state index contributed by atoms with van der Waals surface area (Å²) in [6, 6.07) is 3.60. The molecule has 1 aromatic carbocycles. The lowest BCUT2D eigenvalue weighted by Gasteiger charge is -2.35. The lowest BCUT2D eigenvalue weighted by molar-refractivity contribution is -0.384. The van der Waals surface area contributed by atoms with Crippen LogP contribution >= 0.6 is 0 Å². The number of fused-ring (bicyclic) bond motifs is 1. The van der Waals surface area contributed by atoms with Crippen molar-refractivity contribution in [2.24, 2.45) is 5.92 Å². The number of hydrogen-bond donors (Lipinski definition) is 0. The zero-order valence-electron chi connectivity index (χ0n) is 17.7. The molecule has 166 valence electrons. The summed E-state index contributed by atoms with van der Waals surface area (Å²) in [5.41, 5.74) is -0.0835. The minimum Gasteiger partial charge on any atom is -0.339 e. The number of nitro benzene ring substituents is 1. The average molecular weight is 430 g/mol. The molecule has 0 aliphatic carbocycles. The van der Waals surface area contributed by atoms with Crippen LogP contribution in [0.1, 0.15) is 53.8 Å². The molecule has 0 saturated carbocycles. The van der Waals surface area contributed by atoms with Crippen molar-refractivity contribution < 1.29 is 24.1 Å². The fourth-order valence-corrected chi connectivity index (χ4v) is 3.83. The van der Waals surface area contributed by atoms with Crippen LogP contribution < -0.4 is 0 Å². The van der Waals surface area contributed by atoms with E-state index in [1.54, 1.807) is 9.80 Å². The van der Waals surface area contributed by atoms with Crippen molar-refractivity contribution in [3.05, 3.63) is 39.4 Å². The molecule has 0 aromatic heterocycles. The van der Waals surface area contributed by atoms with Crippen molar-refractivity contribution in [3.63, 3.8) is 0 Å². The van der Waals surface area contributed by atoms with Gasteiger partial charge < -0.3 is 9.80 Å². The summed E-state index contributed by atoms with van der Waals surface area (Å²) in [6.07, 6.45) is 0.976. The average Bonchev–Trinajstić information content (AvgIpc) is 2.97. The number of nitro groups is 1. The molecule has 10 heteroatoms. The van der Waals surface area contributed by atoms with Crippen LogP contribution in [0.15, 0.2) is 18.2 Å². The number of imide groups is 1. The Bertz CT molecular complexity index is 920. The molecule has 0 N–H and O–H groups in total. The van der Waals surface area contributed by atoms with Crippen LogP contribution in [-0.2, 0) is 9.59 Å². The van der Waals surface area contributed by atoms with Crippen molar-refractivity contribution in [1.29, 1.82) is 0 Å². The third-order valence-electron chi connectivity index (χ3n) is 5.51. The van der Waals surface area contributed by atoms with Crippen LogP contribution in [0.3, 0.4) is 0 Å². The first-order valence-electron chi connectivity index (χ1n) is 10.4. The molecule has 0 spiro atoms. The van der Waals surface area contributed by atoms with Gasteiger partial charge in [0.1, 0.15) is 0 Å². The number of rotatable bonds is 7. The summed E-state index contributed by atoms with van der Waals surface area (Å²) in [5.74, 6) is -0.760. The minimum absolute atomic E-state index is 0.0210. The summed E-state index contributed by atoms with van der Waals surface area (Å²) >= 11 is 0. The van der Waals surface area contributed by atoms with Gasteiger partial charge in [0.05, 0.1) is 16.1 Å². The van der Waals surface area contributed by atoms with Gasteiger partial charge in [0.2, 0.25) is 11.8 Å². The molecule has 0 unspecified atom stereocenters. The number of benzene rings is 1. The molecule has 0 atom stereocenters. The molecular weight excluding hydrogens is 404 g/mol. The number of non-ortho nitro benzene ring substituents is 1. The molecule has 0 bridgehead atoms. The van der Waals surface area contributed by atoms with Crippen molar-refractivity contribution >= 4 is 29.3 Å². The van der Waals surface area contributed by atoms with Crippen LogP contribution in [0, 0.1) is 16.0 Å². The first-order valence-corrected chi connectivity index (χ1v) is 10.4. The Kier molecular flexibility index (Phi) is 6.67. The summed E-state index contributed by atoms with van der Waals surface area (Å²) in [5, 5.41) is 10.9. The van der Waals surface area contributed by atoms with Crippen LogP contribution in [0.25, 0.3) is 0 Å². The van der Waals surface area contributed by atoms with E-state index in [4.69, 9.17) is 0 Å². The Morgan fingerprint density at radius 3 is 2.16 bits per heavy atom. The molecule has 3 rings (SSSR count). The van der Waals surface area contributed by atoms with E-state index >= 15 is 0 Å². The van der Waals surface area contributed by atoms with Gasteiger partial charge in [-0.15, -0.1) is 0 Å². The lowest BCUT2D eigenvalue weighted by atomic mass is 10.1. The molecule has 4 amide bonds. The maximum atomic E-state index is 12.5. The molecule has 10 nitrogen and oxygen atoms in total. The highest BCUT2D eigenvalue weighted by molar-refractivity contribution is 6.21. The smallest absolute Gasteiger partial charge is 0.270 e. The third kappa shape index (κ3) is 4.89. The number of nitrogens with zero attached hydrogens (tertiary/aromatic N) is 4. The van der Waals surface area contributed by atoms with Gasteiger partial charge in [-0.05, 0) is 18.4 Å². The largest absolute Gasteiger partial charge is 0.339 e. The van der Waals surface area contributed by atoms with Gasteiger partial charge in [-0.3, -0.25) is 34.2 Å². The standard InChI is InChI=1S/C21H26N4O6/c1-14(2)12-19(27)23-10-8-22(9-11-23)18(26)4-3-7-24-20(28)16-6-5-15(25(30)31)13-17(16)21(24)29/h5-6,13-14H,3-4,7-12H2,1-2H3. The number of carbonyl (C=O) groups excluding carboxylic acids is 4. The van der Waals surface area contributed by atoms with Crippen LogP contribution in [0.2, 0.25) is 0 Å². The first kappa shape index (κ1) is 22.4. The number of piperazine rings is 1. The Morgan fingerprint density at radius 2 is 1.58 bits per heavy atom. The van der Waals surface area contributed by atoms with Crippen molar-refractivity contribution in [2.75, 3.05) is 32.7 Å². The zero-order chi connectivity index (χ0) is 22.7. The Morgan fingerprint density at radius 1 is 1.00 bits per heavy atom. The first-order chi connectivity index (χ1) is 14.7. The van der Waals surface area contributed by atoms with Gasteiger partial charge in [0, 0.05) is 57.7 Å². The summed E-state index contributed by atoms with van der Waals surface area (Å²) in [4.78, 5) is 64.3. The van der Waals surface area contributed by atoms with Gasteiger partial charge in [0.25, 0.3) is 17.5 Å². The number of amides is 4. The van der Waals surface area contributed by atoms with Gasteiger partial charge in [-0.2, -0.15) is 0 Å². The van der Waals surface area contributed by atoms with Crippen molar-refractivity contribution in [3.8, 4) is 0 Å². The zero-order valence-corrected chi connectivity index (χ0v) is 17.7. The van der Waals surface area contributed by atoms with E-state index < -0.39 is 16.7 Å². The normalized spacial score (nSPS) is 16.2. The van der Waals surface area contributed by atoms with Gasteiger partial charge in [0.15, 0.2) is 0 Å². The number of carbonyl (C=O) groups is 4. The fraction of sp³-hybridized carbons (Fsp3) is 0.524. The summed E-state index contributed by atoms with van der Waals surface area (Å²) in [7, 11) is 0. The van der Waals surface area contributed by atoms with E-state index in [2.05, 4.69) is 0 Å². The molecule has 1 aromatic rings. The predicted molar refractivity (Wildman–Crippen MR) is 110 cm³/mol. The Hall–Kier alpha value is -3.30. The molecule has 1 fully saturated rings. The second-order valence-electron chi connectivity index (χ2n) is 8.21. The molecular formula is C21H26N4O6. The van der Waals surface area contributed by atoms with E-state index in [1.807, 2.05) is 13.8 Å². The highest BCUT2D eigenvalue weighted by Gasteiger charge is 2.36. The molecule has 2 aliphatic rings. The number of hydrogen-bond acceptors (Lipinski definition) is 6. The Balaban J connectivity index is 1.48.